The third-order valence-electron chi connectivity index (χ3n) is 14.1. The van der Waals surface area contributed by atoms with Crippen LogP contribution in [-0.2, 0) is 6.42 Å². The van der Waals surface area contributed by atoms with Crippen molar-refractivity contribution in [1.29, 1.82) is 0 Å². The fourth-order valence-electron chi connectivity index (χ4n) is 10.6. The van der Waals surface area contributed by atoms with Gasteiger partial charge in [0, 0.05) is 43.9 Å². The van der Waals surface area contributed by atoms with Gasteiger partial charge in [0.15, 0.2) is 0 Å². The monoisotopic (exact) mass is 936 g/mol. The number of benzene rings is 12. The van der Waals surface area contributed by atoms with Gasteiger partial charge in [-0.1, -0.05) is 212 Å². The predicted molar refractivity (Wildman–Crippen MR) is 309 cm³/mol. The molecule has 0 spiro atoms. The summed E-state index contributed by atoms with van der Waals surface area (Å²) in [5.74, 6) is 0. The summed E-state index contributed by atoms with van der Waals surface area (Å²) in [6, 6.07) is 102. The fraction of sp³-hybridized carbons (Fsp3) is 0.0145. The van der Waals surface area contributed by atoms with Crippen LogP contribution in [0.15, 0.2) is 279 Å². The van der Waals surface area contributed by atoms with Gasteiger partial charge in [-0.2, -0.15) is 0 Å². The second kappa shape index (κ2) is 18.7. The average molecular weight is 937 g/mol. The minimum atomic E-state index is 0.871. The highest BCUT2D eigenvalue weighted by Crippen LogP contribution is 2.47. The molecule has 0 amide bonds. The lowest BCUT2D eigenvalue weighted by Gasteiger charge is -2.30. The highest BCUT2D eigenvalue weighted by Gasteiger charge is 2.21. The van der Waals surface area contributed by atoms with E-state index >= 15 is 0 Å². The van der Waals surface area contributed by atoms with Gasteiger partial charge in [0.25, 0.3) is 0 Å². The van der Waals surface area contributed by atoms with Gasteiger partial charge in [-0.3, -0.25) is 0 Å². The van der Waals surface area contributed by atoms with Crippen molar-refractivity contribution in [2.24, 2.45) is 0 Å². The van der Waals surface area contributed by atoms with Gasteiger partial charge < -0.3 is 9.80 Å². The molecule has 12 aromatic carbocycles. The Morgan fingerprint density at radius 1 is 0.278 bits per heavy atom. The van der Waals surface area contributed by atoms with Gasteiger partial charge in [0.1, 0.15) is 0 Å². The van der Waals surface area contributed by atoms with Crippen molar-refractivity contribution in [3.05, 3.63) is 290 Å². The summed E-state index contributed by atoms with van der Waals surface area (Å²) in [5, 5.41) is 7.76. The molecule has 2 nitrogen and oxygen atoms in total. The Labute approximate surface area is 424 Å². The van der Waals surface area contributed by atoms with Crippen molar-refractivity contribution in [3.8, 4) is 33.4 Å². The molecule has 0 N–H and O–H groups in total. The summed E-state index contributed by atoms with van der Waals surface area (Å²) in [7, 11) is 0. The van der Waals surface area contributed by atoms with E-state index in [4.69, 9.17) is 0 Å². The standard InChI is InChI=1S/C69H48N2S/c1-3-17-49(18-4-1)53-22-13-24-58(45-53)70(59-25-14-23-54(46-59)50-19-5-2-6-20-50)60-26-15-27-61(47-60)71(67-33-16-32-66-65-31-11-12-34-68(65)72-69(66)67)57-41-39-52(40-42-57)51-37-35-48(36-38-51)43-56-44-55-21-7-8-28-62(55)64-30-10-9-29-63(56)64/h1-42,44-47H,43H2. The lowest BCUT2D eigenvalue weighted by atomic mass is 9.93. The fourth-order valence-corrected chi connectivity index (χ4v) is 11.8. The molecular weight excluding hydrogens is 889 g/mol. The molecule has 1 aromatic heterocycles. The van der Waals surface area contributed by atoms with Gasteiger partial charge in [-0.05, 0) is 139 Å². The van der Waals surface area contributed by atoms with Gasteiger partial charge >= 0.3 is 0 Å². The van der Waals surface area contributed by atoms with E-state index in [0.29, 0.717) is 0 Å². The maximum Gasteiger partial charge on any atom is 0.0640 e. The number of fused-ring (bicyclic) bond motifs is 6. The van der Waals surface area contributed by atoms with Crippen molar-refractivity contribution in [1.82, 2.24) is 0 Å². The number of thiophene rings is 1. The molecule has 13 rings (SSSR count). The Hall–Kier alpha value is -9.02. The molecule has 13 aromatic rings. The van der Waals surface area contributed by atoms with Crippen LogP contribution in [0.5, 0.6) is 0 Å². The quantitative estimate of drug-likeness (QED) is 0.119. The zero-order valence-corrected chi connectivity index (χ0v) is 40.4. The Bertz CT molecular complexity index is 3980. The maximum atomic E-state index is 2.45. The maximum absolute atomic E-state index is 2.45. The summed E-state index contributed by atoms with van der Waals surface area (Å²) >= 11 is 1.86. The van der Waals surface area contributed by atoms with Crippen LogP contribution in [-0.4, -0.2) is 0 Å². The van der Waals surface area contributed by atoms with Gasteiger partial charge in [0.2, 0.25) is 0 Å². The Morgan fingerprint density at radius 3 is 1.42 bits per heavy atom. The van der Waals surface area contributed by atoms with E-state index in [0.717, 1.165) is 40.5 Å². The molecule has 0 atom stereocenters. The molecule has 0 fully saturated rings. The first kappa shape index (κ1) is 43.0. The summed E-state index contributed by atoms with van der Waals surface area (Å²) < 4.78 is 2.54. The highest BCUT2D eigenvalue weighted by molar-refractivity contribution is 7.26. The van der Waals surface area contributed by atoms with Crippen molar-refractivity contribution in [3.63, 3.8) is 0 Å². The first-order valence-corrected chi connectivity index (χ1v) is 25.5. The predicted octanol–water partition coefficient (Wildman–Crippen LogP) is 19.9. The number of hydrogen-bond acceptors (Lipinski definition) is 3. The number of hydrogen-bond donors (Lipinski definition) is 0. The molecule has 0 bridgehead atoms. The van der Waals surface area contributed by atoms with Crippen LogP contribution in [0.1, 0.15) is 11.1 Å². The second-order valence-electron chi connectivity index (χ2n) is 18.5. The highest BCUT2D eigenvalue weighted by atomic mass is 32.1. The van der Waals surface area contributed by atoms with E-state index in [1.165, 1.54) is 86.2 Å². The smallest absolute Gasteiger partial charge is 0.0640 e. The third-order valence-corrected chi connectivity index (χ3v) is 15.3. The number of rotatable bonds is 11. The van der Waals surface area contributed by atoms with Crippen LogP contribution < -0.4 is 9.80 Å². The van der Waals surface area contributed by atoms with E-state index in [9.17, 15) is 0 Å². The van der Waals surface area contributed by atoms with Crippen LogP contribution in [0, 0.1) is 0 Å². The molecule has 340 valence electrons. The van der Waals surface area contributed by atoms with Crippen molar-refractivity contribution < 1.29 is 0 Å². The van der Waals surface area contributed by atoms with E-state index in [1.807, 2.05) is 11.3 Å². The van der Waals surface area contributed by atoms with Crippen molar-refractivity contribution >= 4 is 87.2 Å². The molecule has 0 unspecified atom stereocenters. The molecule has 0 aliphatic heterocycles. The molecule has 0 aliphatic carbocycles. The molecule has 0 saturated heterocycles. The topological polar surface area (TPSA) is 6.48 Å². The van der Waals surface area contributed by atoms with Gasteiger partial charge in [0.05, 0.1) is 10.4 Å². The van der Waals surface area contributed by atoms with Gasteiger partial charge in [-0.15, -0.1) is 11.3 Å². The zero-order chi connectivity index (χ0) is 47.8. The Kier molecular flexibility index (Phi) is 11.2. The number of anilines is 6. The first-order valence-electron chi connectivity index (χ1n) is 24.7. The largest absolute Gasteiger partial charge is 0.310 e. The van der Waals surface area contributed by atoms with Crippen LogP contribution >= 0.6 is 11.3 Å². The SMILES string of the molecule is c1ccc(-c2cccc(N(c3cccc(-c4ccccc4)c3)c3cccc(N(c4ccc(-c5ccc(Cc6cc7ccccc7c7ccccc67)cc5)cc4)c4cccc5c4sc4ccccc45)c3)c2)cc1. The van der Waals surface area contributed by atoms with E-state index in [1.54, 1.807) is 0 Å². The molecule has 3 heteroatoms. The summed E-state index contributed by atoms with van der Waals surface area (Å²) in [6.45, 7) is 0. The average Bonchev–Trinajstić information content (AvgIpc) is 3.84. The van der Waals surface area contributed by atoms with Gasteiger partial charge in [-0.25, -0.2) is 0 Å². The summed E-state index contributed by atoms with van der Waals surface area (Å²) in [6.07, 6.45) is 0.871. The second-order valence-corrected chi connectivity index (χ2v) is 19.6. The zero-order valence-electron chi connectivity index (χ0n) is 39.6. The van der Waals surface area contributed by atoms with Crippen LogP contribution in [0.25, 0.3) is 75.1 Å². The molecule has 0 aliphatic rings. The molecule has 72 heavy (non-hydrogen) atoms. The third kappa shape index (κ3) is 8.16. The molecule has 0 saturated carbocycles. The van der Waals surface area contributed by atoms with Crippen molar-refractivity contribution in [2.75, 3.05) is 9.80 Å². The minimum absolute atomic E-state index is 0.871. The Morgan fingerprint density at radius 2 is 0.750 bits per heavy atom. The lowest BCUT2D eigenvalue weighted by molar-refractivity contribution is 1.22. The first-order chi connectivity index (χ1) is 35.7. The van der Waals surface area contributed by atoms with Crippen LogP contribution in [0.3, 0.4) is 0 Å². The summed E-state index contributed by atoms with van der Waals surface area (Å²) in [5.41, 5.74) is 16.2. The van der Waals surface area contributed by atoms with E-state index < -0.39 is 0 Å². The van der Waals surface area contributed by atoms with Crippen molar-refractivity contribution in [2.45, 2.75) is 6.42 Å². The van der Waals surface area contributed by atoms with Crippen LogP contribution in [0.4, 0.5) is 34.1 Å². The number of nitrogens with zero attached hydrogens (tertiary/aromatic N) is 2. The van der Waals surface area contributed by atoms with Crippen LogP contribution in [0.2, 0.25) is 0 Å². The molecular formula is C69H48N2S. The Balaban J connectivity index is 0.903. The van der Waals surface area contributed by atoms with E-state index in [-0.39, 0.29) is 0 Å². The minimum Gasteiger partial charge on any atom is -0.310 e. The summed E-state index contributed by atoms with van der Waals surface area (Å²) in [4.78, 5) is 4.84. The molecule has 0 radical (unpaired) electrons. The lowest BCUT2D eigenvalue weighted by Crippen LogP contribution is -2.13. The molecule has 1 heterocycles. The normalized spacial score (nSPS) is 11.4. The van der Waals surface area contributed by atoms with E-state index in [2.05, 4.69) is 289 Å².